The van der Waals surface area contributed by atoms with Crippen LogP contribution in [0.2, 0.25) is 5.02 Å². The Hall–Kier alpha value is -1.41. The maximum absolute atomic E-state index is 13.1. The van der Waals surface area contributed by atoms with Crippen molar-refractivity contribution >= 4 is 22.5 Å². The van der Waals surface area contributed by atoms with Gasteiger partial charge >= 0.3 is 6.18 Å². The minimum atomic E-state index is -4.94. The first kappa shape index (κ1) is 16.4. The predicted octanol–water partition coefficient (Wildman–Crippen LogP) is 5.35. The molecule has 0 aliphatic carbocycles. The number of fused-ring (bicyclic) bond motifs is 1. The normalized spacial score (nSPS) is 19.7. The lowest BCUT2D eigenvalue weighted by atomic mass is 10.0. The molecule has 3 nitrogen and oxygen atoms in total. The molecule has 9 heteroatoms. The third-order valence-electron chi connectivity index (χ3n) is 3.83. The van der Waals surface area contributed by atoms with Gasteiger partial charge in [-0.1, -0.05) is 11.6 Å². The van der Waals surface area contributed by atoms with Crippen LogP contribution in [-0.2, 0) is 10.9 Å². The van der Waals surface area contributed by atoms with Crippen LogP contribution in [0.1, 0.15) is 43.0 Å². The number of ether oxygens (including phenoxy) is 1. The topological polar surface area (TPSA) is 27.1 Å². The van der Waals surface area contributed by atoms with Crippen LogP contribution in [-0.4, -0.2) is 16.4 Å². The summed E-state index contributed by atoms with van der Waals surface area (Å²) in [6.45, 7) is 0.473. The molecule has 1 saturated heterocycles. The van der Waals surface area contributed by atoms with Gasteiger partial charge in [0.25, 0.3) is 6.43 Å². The summed E-state index contributed by atoms with van der Waals surface area (Å²) in [5.74, 6) is 0. The molecule has 0 saturated carbocycles. The summed E-state index contributed by atoms with van der Waals surface area (Å²) in [6, 6.07) is 0.674. The Balaban J connectivity index is 2.22. The number of aromatic nitrogens is 2. The van der Waals surface area contributed by atoms with E-state index in [4.69, 9.17) is 16.3 Å². The Morgan fingerprint density at radius 1 is 1.30 bits per heavy atom. The van der Waals surface area contributed by atoms with Crippen LogP contribution >= 0.6 is 11.6 Å². The molecule has 0 spiro atoms. The lowest BCUT2D eigenvalue weighted by molar-refractivity contribution is -0.139. The van der Waals surface area contributed by atoms with E-state index in [1.165, 1.54) is 10.9 Å². The average Bonchev–Trinajstić information content (AvgIpc) is 2.91. The highest BCUT2D eigenvalue weighted by Crippen LogP contribution is 2.44. The van der Waals surface area contributed by atoms with Crippen LogP contribution in [0.25, 0.3) is 10.9 Å². The molecule has 0 N–H and O–H groups in total. The van der Waals surface area contributed by atoms with Gasteiger partial charge in [0.15, 0.2) is 6.23 Å². The highest BCUT2D eigenvalue weighted by atomic mass is 35.5. The van der Waals surface area contributed by atoms with E-state index in [1.54, 1.807) is 0 Å². The van der Waals surface area contributed by atoms with Crippen LogP contribution in [0.3, 0.4) is 0 Å². The van der Waals surface area contributed by atoms with Gasteiger partial charge < -0.3 is 4.74 Å². The SMILES string of the molecule is FC(F)c1c(C(F)(F)F)cc2c(cnn2C2CCCCO2)c1Cl. The van der Waals surface area contributed by atoms with E-state index in [0.717, 1.165) is 12.8 Å². The molecule has 126 valence electrons. The second kappa shape index (κ2) is 5.90. The molecule has 3 rings (SSSR count). The molecular weight excluding hydrogens is 343 g/mol. The van der Waals surface area contributed by atoms with Gasteiger partial charge in [0.05, 0.1) is 22.3 Å². The highest BCUT2D eigenvalue weighted by molar-refractivity contribution is 6.36. The minimum Gasteiger partial charge on any atom is -0.356 e. The third kappa shape index (κ3) is 2.89. The van der Waals surface area contributed by atoms with Gasteiger partial charge in [0.1, 0.15) is 0 Å². The number of benzene rings is 1. The van der Waals surface area contributed by atoms with Crippen LogP contribution in [0.15, 0.2) is 12.3 Å². The number of alkyl halides is 5. The van der Waals surface area contributed by atoms with Crippen LogP contribution < -0.4 is 0 Å². The Kier molecular flexibility index (Phi) is 4.22. The summed E-state index contributed by atoms with van der Waals surface area (Å²) in [7, 11) is 0. The van der Waals surface area contributed by atoms with Crippen molar-refractivity contribution < 1.29 is 26.7 Å². The van der Waals surface area contributed by atoms with Gasteiger partial charge in [0.2, 0.25) is 0 Å². The quantitative estimate of drug-likeness (QED) is 0.680. The summed E-state index contributed by atoms with van der Waals surface area (Å²) >= 11 is 5.83. The van der Waals surface area contributed by atoms with E-state index in [-0.39, 0.29) is 10.9 Å². The Labute approximate surface area is 133 Å². The lowest BCUT2D eigenvalue weighted by Gasteiger charge is -2.24. The fourth-order valence-corrected chi connectivity index (χ4v) is 3.09. The molecule has 1 aromatic carbocycles. The smallest absolute Gasteiger partial charge is 0.356 e. The fourth-order valence-electron chi connectivity index (χ4n) is 2.76. The Morgan fingerprint density at radius 2 is 2.04 bits per heavy atom. The molecule has 1 unspecified atom stereocenters. The van der Waals surface area contributed by atoms with Crippen LogP contribution in [0.5, 0.6) is 0 Å². The molecule has 0 radical (unpaired) electrons. The zero-order valence-corrected chi connectivity index (χ0v) is 12.5. The van der Waals surface area contributed by atoms with Gasteiger partial charge in [-0.2, -0.15) is 18.3 Å². The second-order valence-corrected chi connectivity index (χ2v) is 5.67. The average molecular weight is 355 g/mol. The summed E-state index contributed by atoms with van der Waals surface area (Å²) in [4.78, 5) is 0. The molecular formula is C14H12ClF5N2O. The highest BCUT2D eigenvalue weighted by Gasteiger charge is 2.38. The third-order valence-corrected chi connectivity index (χ3v) is 4.24. The molecule has 0 bridgehead atoms. The zero-order chi connectivity index (χ0) is 16.8. The monoisotopic (exact) mass is 354 g/mol. The minimum absolute atomic E-state index is 0.0404. The van der Waals surface area contributed by atoms with Crippen molar-refractivity contribution in [3.8, 4) is 0 Å². The molecule has 1 aliphatic heterocycles. The van der Waals surface area contributed by atoms with Crippen molar-refractivity contribution in [2.24, 2.45) is 0 Å². The first-order valence-electron chi connectivity index (χ1n) is 6.97. The van der Waals surface area contributed by atoms with E-state index in [0.29, 0.717) is 19.1 Å². The number of hydrogen-bond acceptors (Lipinski definition) is 2. The molecule has 1 aliphatic rings. The Morgan fingerprint density at radius 3 is 2.61 bits per heavy atom. The van der Waals surface area contributed by atoms with Crippen molar-refractivity contribution in [2.75, 3.05) is 6.61 Å². The number of halogens is 6. The van der Waals surface area contributed by atoms with Crippen molar-refractivity contribution in [2.45, 2.75) is 38.1 Å². The van der Waals surface area contributed by atoms with Gasteiger partial charge in [-0.25, -0.2) is 13.5 Å². The van der Waals surface area contributed by atoms with E-state index in [1.807, 2.05) is 0 Å². The van der Waals surface area contributed by atoms with Gasteiger partial charge in [0, 0.05) is 17.6 Å². The largest absolute Gasteiger partial charge is 0.417 e. The number of hydrogen-bond donors (Lipinski definition) is 0. The van der Waals surface area contributed by atoms with E-state index < -0.39 is 35.0 Å². The number of rotatable bonds is 2. The summed E-state index contributed by atoms with van der Waals surface area (Å²) in [5.41, 5.74) is -2.61. The van der Waals surface area contributed by atoms with Crippen LogP contribution in [0, 0.1) is 0 Å². The van der Waals surface area contributed by atoms with E-state index in [2.05, 4.69) is 5.10 Å². The lowest BCUT2D eigenvalue weighted by Crippen LogP contribution is -2.19. The number of nitrogens with zero attached hydrogens (tertiary/aromatic N) is 2. The second-order valence-electron chi connectivity index (χ2n) is 5.29. The van der Waals surface area contributed by atoms with E-state index >= 15 is 0 Å². The molecule has 1 fully saturated rings. The van der Waals surface area contributed by atoms with Crippen molar-refractivity contribution in [3.05, 3.63) is 28.4 Å². The summed E-state index contributed by atoms with van der Waals surface area (Å²) in [5, 5.41) is 3.44. The molecule has 1 aromatic heterocycles. The zero-order valence-electron chi connectivity index (χ0n) is 11.7. The molecule has 2 heterocycles. The molecule has 2 aromatic rings. The van der Waals surface area contributed by atoms with Crippen molar-refractivity contribution in [3.63, 3.8) is 0 Å². The summed E-state index contributed by atoms with van der Waals surface area (Å²) in [6.07, 6.45) is -5.30. The van der Waals surface area contributed by atoms with Crippen molar-refractivity contribution in [1.82, 2.24) is 9.78 Å². The maximum Gasteiger partial charge on any atom is 0.417 e. The molecule has 23 heavy (non-hydrogen) atoms. The molecule has 0 amide bonds. The van der Waals surface area contributed by atoms with Crippen LogP contribution in [0.4, 0.5) is 22.0 Å². The maximum atomic E-state index is 13.1. The first-order chi connectivity index (χ1) is 10.8. The fraction of sp³-hybridized carbons (Fsp3) is 0.500. The van der Waals surface area contributed by atoms with Gasteiger partial charge in [-0.05, 0) is 25.3 Å². The van der Waals surface area contributed by atoms with Crippen molar-refractivity contribution in [1.29, 1.82) is 0 Å². The summed E-state index contributed by atoms with van der Waals surface area (Å²) < 4.78 is 72.4. The predicted molar refractivity (Wildman–Crippen MR) is 73.5 cm³/mol. The Bertz CT molecular complexity index is 722. The van der Waals surface area contributed by atoms with Gasteiger partial charge in [-0.3, -0.25) is 0 Å². The van der Waals surface area contributed by atoms with Gasteiger partial charge in [-0.15, -0.1) is 0 Å². The molecule has 1 atom stereocenters. The van der Waals surface area contributed by atoms with E-state index in [9.17, 15) is 22.0 Å². The standard InChI is InChI=1S/C14H12ClF5N2O/c15-12-7-6-21-22(10-3-1-2-4-23-10)9(7)5-8(14(18,19)20)11(12)13(16)17/h5-6,10,13H,1-4H2. The first-order valence-corrected chi connectivity index (χ1v) is 7.35.